The molecule has 1 aromatic heterocycles. The van der Waals surface area contributed by atoms with Crippen LogP contribution in [0.5, 0.6) is 0 Å². The second-order valence-corrected chi connectivity index (χ2v) is 5.92. The van der Waals surface area contributed by atoms with Crippen molar-refractivity contribution in [2.24, 2.45) is 0 Å². The lowest BCUT2D eigenvalue weighted by Crippen LogP contribution is -2.21. The summed E-state index contributed by atoms with van der Waals surface area (Å²) in [6.07, 6.45) is 2.16. The average molecular weight is 339 g/mol. The topological polar surface area (TPSA) is 42.7 Å². The fraction of sp³-hybridized carbons (Fsp3) is 0.429. The third-order valence-corrected chi connectivity index (χ3v) is 4.38. The Morgan fingerprint density at radius 3 is 3.10 bits per heavy atom. The summed E-state index contributed by atoms with van der Waals surface area (Å²) in [5.74, 6) is 1.83. The normalized spacial score (nSPS) is 15.3. The van der Waals surface area contributed by atoms with Crippen molar-refractivity contribution in [2.75, 3.05) is 0 Å². The SMILES string of the molecule is CC(NCc1ccc(F)cc1Br)c1nnc2n1CCC2. The zero-order valence-corrected chi connectivity index (χ0v) is 12.8. The highest BCUT2D eigenvalue weighted by Crippen LogP contribution is 2.21. The Labute approximate surface area is 125 Å². The van der Waals surface area contributed by atoms with Crippen molar-refractivity contribution in [3.05, 3.63) is 45.7 Å². The van der Waals surface area contributed by atoms with Crippen LogP contribution in [0.15, 0.2) is 22.7 Å². The van der Waals surface area contributed by atoms with Crippen molar-refractivity contribution in [3.8, 4) is 0 Å². The van der Waals surface area contributed by atoms with E-state index >= 15 is 0 Å². The number of rotatable bonds is 4. The molecular formula is C14H16BrFN4. The van der Waals surface area contributed by atoms with Crippen molar-refractivity contribution in [1.29, 1.82) is 0 Å². The predicted molar refractivity (Wildman–Crippen MR) is 77.7 cm³/mol. The van der Waals surface area contributed by atoms with Gasteiger partial charge in [0.15, 0.2) is 0 Å². The quantitative estimate of drug-likeness (QED) is 0.931. The Morgan fingerprint density at radius 1 is 1.45 bits per heavy atom. The van der Waals surface area contributed by atoms with Crippen molar-refractivity contribution in [2.45, 2.75) is 38.9 Å². The summed E-state index contributed by atoms with van der Waals surface area (Å²) in [7, 11) is 0. The van der Waals surface area contributed by atoms with Crippen LogP contribution in [-0.2, 0) is 19.5 Å². The molecule has 1 aliphatic rings. The van der Waals surface area contributed by atoms with Gasteiger partial charge in [0.1, 0.15) is 17.5 Å². The third-order valence-electron chi connectivity index (χ3n) is 3.64. The van der Waals surface area contributed by atoms with Crippen LogP contribution >= 0.6 is 15.9 Å². The smallest absolute Gasteiger partial charge is 0.149 e. The van der Waals surface area contributed by atoms with Crippen LogP contribution in [0.25, 0.3) is 0 Å². The molecule has 1 aromatic carbocycles. The zero-order chi connectivity index (χ0) is 14.1. The van der Waals surface area contributed by atoms with Gasteiger partial charge in [-0.1, -0.05) is 22.0 Å². The molecular weight excluding hydrogens is 323 g/mol. The minimum atomic E-state index is -0.232. The second kappa shape index (κ2) is 5.61. The maximum Gasteiger partial charge on any atom is 0.149 e. The Bertz CT molecular complexity index is 626. The van der Waals surface area contributed by atoms with Crippen molar-refractivity contribution >= 4 is 15.9 Å². The van der Waals surface area contributed by atoms with E-state index in [0.29, 0.717) is 6.54 Å². The minimum absolute atomic E-state index is 0.117. The van der Waals surface area contributed by atoms with E-state index in [0.717, 1.165) is 41.1 Å². The molecule has 2 heterocycles. The first kappa shape index (κ1) is 13.7. The van der Waals surface area contributed by atoms with Gasteiger partial charge in [0, 0.05) is 24.0 Å². The van der Waals surface area contributed by atoms with E-state index in [-0.39, 0.29) is 11.9 Å². The number of aromatic nitrogens is 3. The van der Waals surface area contributed by atoms with Gasteiger partial charge in [-0.25, -0.2) is 4.39 Å². The Hall–Kier alpha value is -1.27. The molecule has 1 unspecified atom stereocenters. The fourth-order valence-electron chi connectivity index (χ4n) is 2.51. The van der Waals surface area contributed by atoms with Gasteiger partial charge >= 0.3 is 0 Å². The first-order chi connectivity index (χ1) is 9.65. The van der Waals surface area contributed by atoms with Crippen molar-refractivity contribution < 1.29 is 4.39 Å². The van der Waals surface area contributed by atoms with E-state index in [2.05, 4.69) is 42.9 Å². The fourth-order valence-corrected chi connectivity index (χ4v) is 3.00. The summed E-state index contributed by atoms with van der Waals surface area (Å²) in [6, 6.07) is 4.86. The number of fused-ring (bicyclic) bond motifs is 1. The molecule has 2 aromatic rings. The molecule has 0 spiro atoms. The summed E-state index contributed by atoms with van der Waals surface area (Å²) in [6.45, 7) is 3.74. The number of hydrogen-bond donors (Lipinski definition) is 1. The number of hydrogen-bond acceptors (Lipinski definition) is 3. The molecule has 0 aliphatic carbocycles. The molecule has 0 bridgehead atoms. The van der Waals surface area contributed by atoms with Gasteiger partial charge in [0.2, 0.25) is 0 Å². The summed E-state index contributed by atoms with van der Waals surface area (Å²) in [5.41, 5.74) is 1.03. The molecule has 3 rings (SSSR count). The van der Waals surface area contributed by atoms with E-state index in [4.69, 9.17) is 0 Å². The second-order valence-electron chi connectivity index (χ2n) is 5.07. The van der Waals surface area contributed by atoms with Crippen LogP contribution in [-0.4, -0.2) is 14.8 Å². The van der Waals surface area contributed by atoms with Crippen LogP contribution in [0.2, 0.25) is 0 Å². The lowest BCUT2D eigenvalue weighted by molar-refractivity contribution is 0.514. The average Bonchev–Trinajstić information content (AvgIpc) is 2.99. The Morgan fingerprint density at radius 2 is 2.30 bits per heavy atom. The van der Waals surface area contributed by atoms with Gasteiger partial charge < -0.3 is 9.88 Å². The van der Waals surface area contributed by atoms with Crippen LogP contribution in [0.4, 0.5) is 4.39 Å². The number of halogens is 2. The Kier molecular flexibility index (Phi) is 3.85. The lowest BCUT2D eigenvalue weighted by atomic mass is 10.2. The molecule has 1 aliphatic heterocycles. The molecule has 20 heavy (non-hydrogen) atoms. The van der Waals surface area contributed by atoms with Crippen LogP contribution in [0.3, 0.4) is 0 Å². The van der Waals surface area contributed by atoms with Gasteiger partial charge in [-0.2, -0.15) is 0 Å². The molecule has 0 saturated carbocycles. The van der Waals surface area contributed by atoms with Crippen LogP contribution in [0, 0.1) is 5.82 Å². The number of benzene rings is 1. The van der Waals surface area contributed by atoms with Gasteiger partial charge in [-0.05, 0) is 31.0 Å². The molecule has 1 atom stereocenters. The summed E-state index contributed by atoms with van der Waals surface area (Å²) >= 11 is 3.38. The van der Waals surface area contributed by atoms with Gasteiger partial charge in [-0.15, -0.1) is 10.2 Å². The van der Waals surface area contributed by atoms with E-state index in [9.17, 15) is 4.39 Å². The molecule has 0 saturated heterocycles. The standard InChI is InChI=1S/C14H16BrFN4/c1-9(14-19-18-13-3-2-6-20(13)14)17-8-10-4-5-11(16)7-12(10)15/h4-5,7,9,17H,2-3,6,8H2,1H3. The minimum Gasteiger partial charge on any atom is -0.314 e. The number of nitrogens with one attached hydrogen (secondary N) is 1. The monoisotopic (exact) mass is 338 g/mol. The lowest BCUT2D eigenvalue weighted by Gasteiger charge is -2.14. The summed E-state index contributed by atoms with van der Waals surface area (Å²) in [4.78, 5) is 0. The van der Waals surface area contributed by atoms with E-state index in [1.165, 1.54) is 12.1 Å². The van der Waals surface area contributed by atoms with Gasteiger partial charge in [0.05, 0.1) is 6.04 Å². The van der Waals surface area contributed by atoms with E-state index in [1.54, 1.807) is 6.07 Å². The number of aryl methyl sites for hydroxylation is 1. The largest absolute Gasteiger partial charge is 0.314 e. The van der Waals surface area contributed by atoms with Crippen LogP contribution < -0.4 is 5.32 Å². The maximum absolute atomic E-state index is 13.0. The molecule has 4 nitrogen and oxygen atoms in total. The third kappa shape index (κ3) is 2.62. The predicted octanol–water partition coefficient (Wildman–Crippen LogP) is 2.98. The first-order valence-corrected chi connectivity index (χ1v) is 7.54. The molecule has 1 N–H and O–H groups in total. The zero-order valence-electron chi connectivity index (χ0n) is 11.2. The van der Waals surface area contributed by atoms with E-state index < -0.39 is 0 Å². The highest BCUT2D eigenvalue weighted by molar-refractivity contribution is 9.10. The highest BCUT2D eigenvalue weighted by Gasteiger charge is 2.21. The molecule has 0 amide bonds. The maximum atomic E-state index is 13.0. The number of nitrogens with zero attached hydrogens (tertiary/aromatic N) is 3. The van der Waals surface area contributed by atoms with Crippen LogP contribution in [0.1, 0.15) is 36.6 Å². The summed E-state index contributed by atoms with van der Waals surface area (Å²) in [5, 5.41) is 11.9. The molecule has 6 heteroatoms. The van der Waals surface area contributed by atoms with Crippen molar-refractivity contribution in [1.82, 2.24) is 20.1 Å². The molecule has 0 radical (unpaired) electrons. The summed E-state index contributed by atoms with van der Waals surface area (Å²) < 4.78 is 16.0. The molecule has 106 valence electrons. The Balaban J connectivity index is 1.68. The van der Waals surface area contributed by atoms with Gasteiger partial charge in [-0.3, -0.25) is 0 Å². The highest BCUT2D eigenvalue weighted by atomic mass is 79.9. The van der Waals surface area contributed by atoms with E-state index in [1.807, 2.05) is 0 Å². The molecule has 0 fully saturated rings. The van der Waals surface area contributed by atoms with Crippen molar-refractivity contribution in [3.63, 3.8) is 0 Å². The van der Waals surface area contributed by atoms with Gasteiger partial charge in [0.25, 0.3) is 0 Å². The first-order valence-electron chi connectivity index (χ1n) is 6.74.